The molecule has 4 heteroatoms. The van der Waals surface area contributed by atoms with Gasteiger partial charge in [0.2, 0.25) is 5.91 Å². The van der Waals surface area contributed by atoms with Gasteiger partial charge >= 0.3 is 0 Å². The Bertz CT molecular complexity index is 194. The fraction of sp³-hybridized carbons (Fsp3) is 0.900. The number of carbonyl (C=O) groups excluding carboxylic acids is 1. The molecule has 1 unspecified atom stereocenters. The zero-order valence-electron chi connectivity index (χ0n) is 9.20. The molecule has 1 aliphatic rings. The maximum absolute atomic E-state index is 11.7. The number of piperidine rings is 1. The second kappa shape index (κ2) is 5.32. The molecule has 1 rings (SSSR count). The molecule has 1 aliphatic heterocycles. The van der Waals surface area contributed by atoms with Crippen LogP contribution in [0.3, 0.4) is 0 Å². The van der Waals surface area contributed by atoms with Gasteiger partial charge in [-0.1, -0.05) is 0 Å². The first-order chi connectivity index (χ1) is 6.63. The van der Waals surface area contributed by atoms with E-state index < -0.39 is 0 Å². The van der Waals surface area contributed by atoms with Crippen LogP contribution in [0.25, 0.3) is 0 Å². The Hall–Kier alpha value is -0.610. The molecule has 0 aliphatic carbocycles. The summed E-state index contributed by atoms with van der Waals surface area (Å²) in [6.07, 6.45) is 2.27. The van der Waals surface area contributed by atoms with Gasteiger partial charge in [0.1, 0.15) is 0 Å². The fourth-order valence-corrected chi connectivity index (χ4v) is 1.85. The lowest BCUT2D eigenvalue weighted by atomic mass is 9.98. The first-order valence-corrected chi connectivity index (χ1v) is 5.26. The van der Waals surface area contributed by atoms with Crippen molar-refractivity contribution in [3.05, 3.63) is 0 Å². The van der Waals surface area contributed by atoms with Crippen molar-refractivity contribution in [1.29, 1.82) is 0 Å². The predicted molar refractivity (Wildman–Crippen MR) is 56.9 cm³/mol. The largest absolute Gasteiger partial charge is 0.341 e. The van der Waals surface area contributed by atoms with Gasteiger partial charge in [-0.05, 0) is 39.4 Å². The van der Waals surface area contributed by atoms with Crippen LogP contribution in [0.5, 0.6) is 0 Å². The van der Waals surface area contributed by atoms with Gasteiger partial charge in [0.15, 0.2) is 0 Å². The molecule has 0 aromatic rings. The molecule has 0 aromatic carbocycles. The quantitative estimate of drug-likeness (QED) is 0.681. The third-order valence-electron chi connectivity index (χ3n) is 2.66. The van der Waals surface area contributed by atoms with Crippen molar-refractivity contribution in [2.75, 3.05) is 40.3 Å². The summed E-state index contributed by atoms with van der Waals surface area (Å²) in [7, 11) is 3.84. The van der Waals surface area contributed by atoms with E-state index in [1.165, 1.54) is 6.42 Å². The number of amides is 1. The van der Waals surface area contributed by atoms with Gasteiger partial charge in [-0.25, -0.2) is 0 Å². The standard InChI is InChI=1S/C10H21N3O/c1-12(2)8-10(14)13-5-3-4-9(6-11)7-13/h9H,3-8,11H2,1-2H3. The van der Waals surface area contributed by atoms with Gasteiger partial charge < -0.3 is 15.5 Å². The van der Waals surface area contributed by atoms with Crippen LogP contribution in [0.1, 0.15) is 12.8 Å². The van der Waals surface area contributed by atoms with Crippen LogP contribution < -0.4 is 5.73 Å². The van der Waals surface area contributed by atoms with E-state index >= 15 is 0 Å². The van der Waals surface area contributed by atoms with E-state index in [1.54, 1.807) is 0 Å². The lowest BCUT2D eigenvalue weighted by Crippen LogP contribution is -2.45. The zero-order chi connectivity index (χ0) is 10.6. The van der Waals surface area contributed by atoms with Crippen LogP contribution in [0, 0.1) is 5.92 Å². The highest BCUT2D eigenvalue weighted by Crippen LogP contribution is 2.15. The van der Waals surface area contributed by atoms with E-state index in [0.29, 0.717) is 19.0 Å². The van der Waals surface area contributed by atoms with E-state index in [1.807, 2.05) is 23.9 Å². The Labute approximate surface area is 86.0 Å². The van der Waals surface area contributed by atoms with Gasteiger partial charge in [0.25, 0.3) is 0 Å². The Morgan fingerprint density at radius 1 is 1.57 bits per heavy atom. The molecule has 14 heavy (non-hydrogen) atoms. The molecular weight excluding hydrogens is 178 g/mol. The molecular formula is C10H21N3O. The second-order valence-corrected chi connectivity index (χ2v) is 4.32. The molecule has 0 aromatic heterocycles. The number of carbonyl (C=O) groups is 1. The number of nitrogens with zero attached hydrogens (tertiary/aromatic N) is 2. The van der Waals surface area contributed by atoms with Gasteiger partial charge in [-0.15, -0.1) is 0 Å². The molecule has 4 nitrogen and oxygen atoms in total. The van der Waals surface area contributed by atoms with E-state index in [0.717, 1.165) is 19.5 Å². The Morgan fingerprint density at radius 2 is 2.29 bits per heavy atom. The molecule has 82 valence electrons. The molecule has 1 fully saturated rings. The molecule has 1 saturated heterocycles. The van der Waals surface area contributed by atoms with Gasteiger partial charge in [0.05, 0.1) is 6.54 Å². The highest BCUT2D eigenvalue weighted by molar-refractivity contribution is 5.78. The van der Waals surface area contributed by atoms with Crippen LogP contribution in [-0.2, 0) is 4.79 Å². The molecule has 1 amide bonds. The number of nitrogens with two attached hydrogens (primary N) is 1. The average Bonchev–Trinajstić information content (AvgIpc) is 2.17. The first kappa shape index (κ1) is 11.5. The number of hydrogen-bond acceptors (Lipinski definition) is 3. The molecule has 1 heterocycles. The molecule has 0 radical (unpaired) electrons. The van der Waals surface area contributed by atoms with Crippen molar-refractivity contribution >= 4 is 5.91 Å². The van der Waals surface area contributed by atoms with Crippen molar-refractivity contribution in [1.82, 2.24) is 9.80 Å². The van der Waals surface area contributed by atoms with Crippen LogP contribution in [0.4, 0.5) is 0 Å². The van der Waals surface area contributed by atoms with Crippen molar-refractivity contribution in [2.24, 2.45) is 11.7 Å². The average molecular weight is 199 g/mol. The number of likely N-dealkylation sites (tertiary alicyclic amines) is 1. The minimum Gasteiger partial charge on any atom is -0.341 e. The molecule has 1 atom stereocenters. The predicted octanol–water partition coefficient (Wildman–Crippen LogP) is -0.255. The Morgan fingerprint density at radius 3 is 2.86 bits per heavy atom. The summed E-state index contributed by atoms with van der Waals surface area (Å²) >= 11 is 0. The van der Waals surface area contributed by atoms with Gasteiger partial charge in [-0.2, -0.15) is 0 Å². The fourth-order valence-electron chi connectivity index (χ4n) is 1.85. The monoisotopic (exact) mass is 199 g/mol. The van der Waals surface area contributed by atoms with Crippen LogP contribution in [-0.4, -0.2) is 56.0 Å². The van der Waals surface area contributed by atoms with E-state index in [-0.39, 0.29) is 5.91 Å². The SMILES string of the molecule is CN(C)CC(=O)N1CCCC(CN)C1. The molecule has 0 spiro atoms. The topological polar surface area (TPSA) is 49.6 Å². The van der Waals surface area contributed by atoms with Crippen LogP contribution in [0.2, 0.25) is 0 Å². The number of rotatable bonds is 3. The summed E-state index contributed by atoms with van der Waals surface area (Å²) < 4.78 is 0. The summed E-state index contributed by atoms with van der Waals surface area (Å²) in [5, 5.41) is 0. The smallest absolute Gasteiger partial charge is 0.236 e. The highest BCUT2D eigenvalue weighted by Gasteiger charge is 2.22. The summed E-state index contributed by atoms with van der Waals surface area (Å²) in [6, 6.07) is 0. The maximum atomic E-state index is 11.7. The van der Waals surface area contributed by atoms with Crippen molar-refractivity contribution in [3.8, 4) is 0 Å². The molecule has 2 N–H and O–H groups in total. The van der Waals surface area contributed by atoms with E-state index in [9.17, 15) is 4.79 Å². The van der Waals surface area contributed by atoms with E-state index in [4.69, 9.17) is 5.73 Å². The lowest BCUT2D eigenvalue weighted by Gasteiger charge is -2.32. The summed E-state index contributed by atoms with van der Waals surface area (Å²) in [4.78, 5) is 15.6. The van der Waals surface area contributed by atoms with Crippen molar-refractivity contribution in [3.63, 3.8) is 0 Å². The highest BCUT2D eigenvalue weighted by atomic mass is 16.2. The number of hydrogen-bond donors (Lipinski definition) is 1. The maximum Gasteiger partial charge on any atom is 0.236 e. The summed E-state index contributed by atoms with van der Waals surface area (Å²) in [6.45, 7) is 2.97. The lowest BCUT2D eigenvalue weighted by molar-refractivity contribution is -0.133. The van der Waals surface area contributed by atoms with E-state index in [2.05, 4.69) is 0 Å². The summed E-state index contributed by atoms with van der Waals surface area (Å²) in [5.74, 6) is 0.739. The van der Waals surface area contributed by atoms with Crippen LogP contribution >= 0.6 is 0 Å². The minimum absolute atomic E-state index is 0.230. The first-order valence-electron chi connectivity index (χ1n) is 5.26. The third kappa shape index (κ3) is 3.27. The van der Waals surface area contributed by atoms with Gasteiger partial charge in [-0.3, -0.25) is 4.79 Å². The van der Waals surface area contributed by atoms with Crippen molar-refractivity contribution < 1.29 is 4.79 Å². The third-order valence-corrected chi connectivity index (χ3v) is 2.66. The van der Waals surface area contributed by atoms with Crippen LogP contribution in [0.15, 0.2) is 0 Å². The minimum atomic E-state index is 0.230. The van der Waals surface area contributed by atoms with Gasteiger partial charge in [0, 0.05) is 13.1 Å². The summed E-state index contributed by atoms with van der Waals surface area (Å²) in [5.41, 5.74) is 5.62. The molecule has 0 bridgehead atoms. The van der Waals surface area contributed by atoms with Crippen molar-refractivity contribution in [2.45, 2.75) is 12.8 Å². The normalized spacial score (nSPS) is 22.9. The molecule has 0 saturated carbocycles. The second-order valence-electron chi connectivity index (χ2n) is 4.32. The number of likely N-dealkylation sites (N-methyl/N-ethyl adjacent to an activating group) is 1. The Balaban J connectivity index is 2.39. The zero-order valence-corrected chi connectivity index (χ0v) is 9.20. The Kier molecular flexibility index (Phi) is 4.35.